The van der Waals surface area contributed by atoms with Crippen LogP contribution in [-0.4, -0.2) is 32.3 Å². The van der Waals surface area contributed by atoms with Crippen molar-refractivity contribution in [2.75, 3.05) is 26.4 Å². The molecule has 1 aromatic carbocycles. The van der Waals surface area contributed by atoms with Gasteiger partial charge in [-0.15, -0.1) is 0 Å². The average molecular weight is 269 g/mol. The van der Waals surface area contributed by atoms with Gasteiger partial charge in [0.15, 0.2) is 0 Å². The molecular formula is C14H20FNO3. The molecule has 0 saturated heterocycles. The van der Waals surface area contributed by atoms with E-state index in [1.807, 2.05) is 6.92 Å². The maximum atomic E-state index is 13.5. The Bertz CT molecular complexity index is 398. The molecule has 19 heavy (non-hydrogen) atoms. The third-order valence-corrected chi connectivity index (χ3v) is 2.59. The van der Waals surface area contributed by atoms with Crippen LogP contribution in [0.15, 0.2) is 24.3 Å². The first-order valence-electron chi connectivity index (χ1n) is 6.36. The lowest BCUT2D eigenvalue weighted by Gasteiger charge is -2.14. The second-order valence-electron chi connectivity index (χ2n) is 4.05. The first-order chi connectivity index (χ1) is 9.15. The van der Waals surface area contributed by atoms with Crippen molar-refractivity contribution in [1.82, 2.24) is 5.32 Å². The Morgan fingerprint density at radius 2 is 2.16 bits per heavy atom. The Morgan fingerprint density at radius 3 is 2.84 bits per heavy atom. The summed E-state index contributed by atoms with van der Waals surface area (Å²) >= 11 is 0. The van der Waals surface area contributed by atoms with Gasteiger partial charge in [-0.1, -0.05) is 18.2 Å². The van der Waals surface area contributed by atoms with E-state index in [4.69, 9.17) is 9.47 Å². The van der Waals surface area contributed by atoms with Crippen LogP contribution in [0.25, 0.3) is 0 Å². The zero-order valence-electron chi connectivity index (χ0n) is 11.3. The van der Waals surface area contributed by atoms with E-state index in [0.717, 1.165) is 0 Å². The molecule has 1 atom stereocenters. The van der Waals surface area contributed by atoms with E-state index in [0.29, 0.717) is 25.3 Å². The molecule has 0 aromatic heterocycles. The first-order valence-corrected chi connectivity index (χ1v) is 6.36. The van der Waals surface area contributed by atoms with Crippen molar-refractivity contribution in [2.45, 2.75) is 19.9 Å². The highest BCUT2D eigenvalue weighted by molar-refractivity contribution is 5.70. The normalized spacial score (nSPS) is 12.2. The van der Waals surface area contributed by atoms with Crippen LogP contribution in [0.4, 0.5) is 4.39 Å². The van der Waals surface area contributed by atoms with Crippen LogP contribution in [0.5, 0.6) is 0 Å². The van der Waals surface area contributed by atoms with Gasteiger partial charge in [-0.05, 0) is 19.9 Å². The lowest BCUT2D eigenvalue weighted by atomic mass is 10.1. The lowest BCUT2D eigenvalue weighted by molar-refractivity contribution is -0.148. The van der Waals surface area contributed by atoms with Gasteiger partial charge in [0.25, 0.3) is 0 Å². The van der Waals surface area contributed by atoms with Crippen LogP contribution < -0.4 is 5.32 Å². The molecule has 0 radical (unpaired) electrons. The molecule has 5 heteroatoms. The van der Waals surface area contributed by atoms with Crippen LogP contribution in [0.2, 0.25) is 0 Å². The van der Waals surface area contributed by atoms with E-state index in [1.165, 1.54) is 6.07 Å². The summed E-state index contributed by atoms with van der Waals surface area (Å²) in [4.78, 5) is 11.0. The molecule has 0 heterocycles. The van der Waals surface area contributed by atoms with Crippen LogP contribution in [0.3, 0.4) is 0 Å². The lowest BCUT2D eigenvalue weighted by Crippen LogP contribution is -2.25. The monoisotopic (exact) mass is 269 g/mol. The molecule has 0 aliphatic rings. The second-order valence-corrected chi connectivity index (χ2v) is 4.05. The summed E-state index contributed by atoms with van der Waals surface area (Å²) in [6.45, 7) is 4.83. The Hall–Kier alpha value is -1.46. The smallest absolute Gasteiger partial charge is 0.332 e. The molecule has 0 unspecified atom stereocenters. The molecule has 0 saturated carbocycles. The van der Waals surface area contributed by atoms with E-state index in [-0.39, 0.29) is 24.4 Å². The van der Waals surface area contributed by atoms with Crippen LogP contribution in [0.1, 0.15) is 25.5 Å². The van der Waals surface area contributed by atoms with Gasteiger partial charge >= 0.3 is 5.97 Å². The molecular weight excluding hydrogens is 249 g/mol. The maximum Gasteiger partial charge on any atom is 0.332 e. The second kappa shape index (κ2) is 8.61. The molecule has 1 N–H and O–H groups in total. The topological polar surface area (TPSA) is 47.6 Å². The van der Waals surface area contributed by atoms with Gasteiger partial charge in [0.2, 0.25) is 0 Å². The van der Waals surface area contributed by atoms with Gasteiger partial charge in [-0.25, -0.2) is 9.18 Å². The summed E-state index contributed by atoms with van der Waals surface area (Å²) in [5, 5.41) is 3.13. The summed E-state index contributed by atoms with van der Waals surface area (Å²) in [5.41, 5.74) is 0.618. The van der Waals surface area contributed by atoms with E-state index >= 15 is 0 Å². The predicted octanol–water partition coefficient (Wildman–Crippen LogP) is 2.06. The summed E-state index contributed by atoms with van der Waals surface area (Å²) in [5.74, 6) is -0.598. The number of benzene rings is 1. The molecule has 0 amide bonds. The largest absolute Gasteiger partial charge is 0.464 e. The van der Waals surface area contributed by atoms with Gasteiger partial charge in [-0.3, -0.25) is 0 Å². The summed E-state index contributed by atoms with van der Waals surface area (Å²) < 4.78 is 23.3. The number of carbonyl (C=O) groups excluding carboxylic acids is 1. The van der Waals surface area contributed by atoms with Gasteiger partial charge in [0, 0.05) is 18.2 Å². The third kappa shape index (κ3) is 5.81. The summed E-state index contributed by atoms with van der Waals surface area (Å²) in [6, 6.07) is 6.53. The van der Waals surface area contributed by atoms with E-state index in [2.05, 4.69) is 5.32 Å². The van der Waals surface area contributed by atoms with E-state index in [9.17, 15) is 9.18 Å². The van der Waals surface area contributed by atoms with Crippen molar-refractivity contribution >= 4 is 5.97 Å². The number of carbonyl (C=O) groups is 1. The SMILES string of the molecule is CCOC(=O)COCCN[C@H](C)c1ccccc1F. The average Bonchev–Trinajstić information content (AvgIpc) is 2.39. The summed E-state index contributed by atoms with van der Waals surface area (Å²) in [6.07, 6.45) is 0. The van der Waals surface area contributed by atoms with Crippen molar-refractivity contribution in [3.63, 3.8) is 0 Å². The van der Waals surface area contributed by atoms with Gasteiger partial charge in [0.05, 0.1) is 13.2 Å². The molecule has 0 fully saturated rings. The first kappa shape index (κ1) is 15.6. The number of rotatable bonds is 8. The highest BCUT2D eigenvalue weighted by Crippen LogP contribution is 2.15. The molecule has 4 nitrogen and oxygen atoms in total. The highest BCUT2D eigenvalue weighted by Gasteiger charge is 2.09. The number of ether oxygens (including phenoxy) is 2. The van der Waals surface area contributed by atoms with Crippen molar-refractivity contribution in [3.05, 3.63) is 35.6 Å². The van der Waals surface area contributed by atoms with Gasteiger partial charge in [-0.2, -0.15) is 0 Å². The molecule has 0 bridgehead atoms. The fourth-order valence-corrected chi connectivity index (χ4v) is 1.64. The number of halogens is 1. The Balaban J connectivity index is 2.19. The Kier molecular flexibility index (Phi) is 7.07. The minimum atomic E-state index is -0.371. The molecule has 0 aliphatic heterocycles. The van der Waals surface area contributed by atoms with Crippen molar-refractivity contribution in [2.24, 2.45) is 0 Å². The minimum absolute atomic E-state index is 0.0520. The molecule has 1 aromatic rings. The Morgan fingerprint density at radius 1 is 1.42 bits per heavy atom. The zero-order valence-corrected chi connectivity index (χ0v) is 11.3. The van der Waals surface area contributed by atoms with Crippen molar-refractivity contribution < 1.29 is 18.7 Å². The van der Waals surface area contributed by atoms with Crippen LogP contribution in [0, 0.1) is 5.82 Å². The predicted molar refractivity (Wildman–Crippen MR) is 70.3 cm³/mol. The fraction of sp³-hybridized carbons (Fsp3) is 0.500. The third-order valence-electron chi connectivity index (χ3n) is 2.59. The fourth-order valence-electron chi connectivity index (χ4n) is 1.64. The maximum absolute atomic E-state index is 13.5. The van der Waals surface area contributed by atoms with E-state index in [1.54, 1.807) is 25.1 Å². The molecule has 0 spiro atoms. The number of hydrogen-bond donors (Lipinski definition) is 1. The zero-order chi connectivity index (χ0) is 14.1. The Labute approximate surface area is 112 Å². The number of hydrogen-bond acceptors (Lipinski definition) is 4. The van der Waals surface area contributed by atoms with E-state index < -0.39 is 0 Å². The number of nitrogens with one attached hydrogen (secondary N) is 1. The quantitative estimate of drug-likeness (QED) is 0.579. The van der Waals surface area contributed by atoms with Crippen LogP contribution >= 0.6 is 0 Å². The van der Waals surface area contributed by atoms with Gasteiger partial charge in [0.1, 0.15) is 12.4 Å². The van der Waals surface area contributed by atoms with Crippen molar-refractivity contribution in [1.29, 1.82) is 0 Å². The van der Waals surface area contributed by atoms with Crippen LogP contribution in [-0.2, 0) is 14.3 Å². The highest BCUT2D eigenvalue weighted by atomic mass is 19.1. The number of esters is 1. The standard InChI is InChI=1S/C14H20FNO3/c1-3-19-14(17)10-18-9-8-16-11(2)12-6-4-5-7-13(12)15/h4-7,11,16H,3,8-10H2,1-2H3/t11-/m1/s1. The van der Waals surface area contributed by atoms with Gasteiger partial charge < -0.3 is 14.8 Å². The van der Waals surface area contributed by atoms with Crippen molar-refractivity contribution in [3.8, 4) is 0 Å². The molecule has 106 valence electrons. The summed E-state index contributed by atoms with van der Waals surface area (Å²) in [7, 11) is 0. The minimum Gasteiger partial charge on any atom is -0.464 e. The molecule has 1 rings (SSSR count). The molecule has 0 aliphatic carbocycles.